The maximum atomic E-state index is 12.5. The Morgan fingerprint density at radius 1 is 1.61 bits per heavy atom. The Morgan fingerprint density at radius 3 is 2.94 bits per heavy atom. The van der Waals surface area contributed by atoms with Gasteiger partial charge in [0.05, 0.1) is 13.3 Å². The van der Waals surface area contributed by atoms with Crippen molar-refractivity contribution in [1.29, 1.82) is 0 Å². The Labute approximate surface area is 108 Å². The second kappa shape index (κ2) is 5.38. The molecule has 0 N–H and O–H groups in total. The lowest BCUT2D eigenvalue weighted by atomic mass is 9.88. The number of ether oxygens (including phenoxy) is 1. The number of hydrogen-bond donors (Lipinski definition) is 0. The largest absolute Gasteiger partial charge is 0.493 e. The van der Waals surface area contributed by atoms with E-state index in [9.17, 15) is 4.79 Å². The lowest BCUT2D eigenvalue weighted by molar-refractivity contribution is 0.101. The number of methoxy groups -OCH3 is 1. The summed E-state index contributed by atoms with van der Waals surface area (Å²) in [5.74, 6) is 1.32. The van der Waals surface area contributed by atoms with Crippen LogP contribution in [0.5, 0.6) is 5.75 Å². The predicted molar refractivity (Wildman–Crippen MR) is 69.9 cm³/mol. The van der Waals surface area contributed by atoms with Crippen molar-refractivity contribution in [3.63, 3.8) is 0 Å². The average molecular weight is 248 g/mol. The van der Waals surface area contributed by atoms with Gasteiger partial charge in [0.1, 0.15) is 0 Å². The fourth-order valence-corrected chi connectivity index (χ4v) is 2.31. The summed E-state index contributed by atoms with van der Waals surface area (Å²) < 4.78 is 6.94. The van der Waals surface area contributed by atoms with Crippen molar-refractivity contribution in [2.24, 2.45) is 5.92 Å². The number of rotatable bonds is 4. The number of aryl methyl sites for hydroxylation is 1. The number of Topliss-reactive ketones (excluding diaryl/α,β-unsaturated/α-hetero) is 1. The first-order valence-electron chi connectivity index (χ1n) is 6.50. The van der Waals surface area contributed by atoms with Crippen molar-refractivity contribution in [3.05, 3.63) is 23.5 Å². The van der Waals surface area contributed by atoms with E-state index in [1.54, 1.807) is 18.0 Å². The van der Waals surface area contributed by atoms with Crippen LogP contribution in [0, 0.1) is 5.92 Å². The van der Waals surface area contributed by atoms with Crippen molar-refractivity contribution in [2.45, 2.75) is 39.7 Å². The normalized spacial score (nSPS) is 19.5. The van der Waals surface area contributed by atoms with Crippen LogP contribution in [0.3, 0.4) is 0 Å². The smallest absolute Gasteiger partial charge is 0.210 e. The number of allylic oxidation sites excluding steroid dienone is 2. The van der Waals surface area contributed by atoms with Gasteiger partial charge in [0.2, 0.25) is 5.78 Å². The topological polar surface area (TPSA) is 44.1 Å². The second-order valence-electron chi connectivity index (χ2n) is 4.82. The maximum absolute atomic E-state index is 12.5. The third-order valence-electron chi connectivity index (χ3n) is 3.51. The van der Waals surface area contributed by atoms with E-state index in [2.05, 4.69) is 18.1 Å². The van der Waals surface area contributed by atoms with Crippen molar-refractivity contribution in [2.75, 3.05) is 7.11 Å². The predicted octanol–water partition coefficient (Wildman–Crippen LogP) is 2.84. The Balaban J connectivity index is 2.31. The first-order valence-corrected chi connectivity index (χ1v) is 6.50. The SMILES string of the molecule is CCn1ncc(OC)c1C(=O)C1=CCC(C)CC1. The van der Waals surface area contributed by atoms with Gasteiger partial charge in [0.15, 0.2) is 11.4 Å². The van der Waals surface area contributed by atoms with E-state index in [4.69, 9.17) is 4.74 Å². The summed E-state index contributed by atoms with van der Waals surface area (Å²) in [5, 5.41) is 4.18. The fourth-order valence-electron chi connectivity index (χ4n) is 2.31. The average Bonchev–Trinajstić information content (AvgIpc) is 2.81. The number of hydrogen-bond acceptors (Lipinski definition) is 3. The van der Waals surface area contributed by atoms with Gasteiger partial charge < -0.3 is 4.74 Å². The van der Waals surface area contributed by atoms with Crippen LogP contribution in [-0.4, -0.2) is 22.7 Å². The molecule has 0 saturated carbocycles. The zero-order valence-corrected chi connectivity index (χ0v) is 11.3. The molecular formula is C14H20N2O2. The lowest BCUT2D eigenvalue weighted by Crippen LogP contribution is -2.15. The van der Waals surface area contributed by atoms with Gasteiger partial charge in [-0.25, -0.2) is 0 Å². The summed E-state index contributed by atoms with van der Waals surface area (Å²) >= 11 is 0. The molecule has 2 rings (SSSR count). The molecule has 0 radical (unpaired) electrons. The molecule has 1 aliphatic carbocycles. The van der Waals surface area contributed by atoms with Crippen molar-refractivity contribution >= 4 is 5.78 Å². The molecule has 0 fully saturated rings. The number of ketones is 1. The highest BCUT2D eigenvalue weighted by molar-refractivity contribution is 6.09. The Bertz CT molecular complexity index is 453. The number of aromatic nitrogens is 2. The first kappa shape index (κ1) is 12.9. The monoisotopic (exact) mass is 248 g/mol. The van der Waals surface area contributed by atoms with E-state index < -0.39 is 0 Å². The van der Waals surface area contributed by atoms with Crippen LogP contribution >= 0.6 is 0 Å². The molecule has 1 aromatic heterocycles. The maximum Gasteiger partial charge on any atom is 0.210 e. The van der Waals surface area contributed by atoms with E-state index in [-0.39, 0.29) is 5.78 Å². The summed E-state index contributed by atoms with van der Waals surface area (Å²) in [5.41, 5.74) is 1.49. The third kappa shape index (κ3) is 2.33. The Morgan fingerprint density at radius 2 is 2.39 bits per heavy atom. The minimum atomic E-state index is 0.0677. The summed E-state index contributed by atoms with van der Waals surface area (Å²) in [6.07, 6.45) is 6.62. The van der Waals surface area contributed by atoms with E-state index in [0.717, 1.165) is 24.8 Å². The molecule has 0 spiro atoms. The van der Waals surface area contributed by atoms with Crippen LogP contribution in [0.2, 0.25) is 0 Å². The molecule has 1 heterocycles. The van der Waals surface area contributed by atoms with E-state index >= 15 is 0 Å². The Hall–Kier alpha value is -1.58. The van der Waals surface area contributed by atoms with Gasteiger partial charge in [-0.3, -0.25) is 9.48 Å². The molecule has 18 heavy (non-hydrogen) atoms. The van der Waals surface area contributed by atoms with Gasteiger partial charge in [-0.2, -0.15) is 5.10 Å². The number of nitrogens with zero attached hydrogens (tertiary/aromatic N) is 2. The van der Waals surface area contributed by atoms with E-state index in [1.165, 1.54) is 0 Å². The minimum absolute atomic E-state index is 0.0677. The molecule has 0 amide bonds. The second-order valence-corrected chi connectivity index (χ2v) is 4.82. The molecule has 0 bridgehead atoms. The molecule has 4 heteroatoms. The van der Waals surface area contributed by atoms with E-state index in [1.807, 2.05) is 6.92 Å². The number of carbonyl (C=O) groups excluding carboxylic acids is 1. The molecule has 1 unspecified atom stereocenters. The highest BCUT2D eigenvalue weighted by atomic mass is 16.5. The fraction of sp³-hybridized carbons (Fsp3) is 0.571. The first-order chi connectivity index (χ1) is 8.67. The molecular weight excluding hydrogens is 228 g/mol. The van der Waals surface area contributed by atoms with Gasteiger partial charge in [-0.15, -0.1) is 0 Å². The molecule has 1 atom stereocenters. The van der Waals surface area contributed by atoms with Crippen molar-refractivity contribution < 1.29 is 9.53 Å². The summed E-state index contributed by atoms with van der Waals surface area (Å²) in [6, 6.07) is 0. The molecule has 0 aliphatic heterocycles. The summed E-state index contributed by atoms with van der Waals surface area (Å²) in [7, 11) is 1.57. The summed E-state index contributed by atoms with van der Waals surface area (Å²) in [4.78, 5) is 12.5. The highest BCUT2D eigenvalue weighted by Gasteiger charge is 2.24. The van der Waals surface area contributed by atoms with Gasteiger partial charge in [-0.05, 0) is 37.7 Å². The van der Waals surface area contributed by atoms with Crippen molar-refractivity contribution in [1.82, 2.24) is 9.78 Å². The van der Waals surface area contributed by atoms with Gasteiger partial charge in [-0.1, -0.05) is 13.0 Å². The van der Waals surface area contributed by atoms with Gasteiger partial charge in [0.25, 0.3) is 0 Å². The van der Waals surface area contributed by atoms with Crippen LogP contribution in [0.25, 0.3) is 0 Å². The molecule has 0 saturated heterocycles. The molecule has 1 aromatic rings. The zero-order valence-electron chi connectivity index (χ0n) is 11.3. The molecule has 1 aliphatic rings. The molecule has 0 aromatic carbocycles. The Kier molecular flexibility index (Phi) is 3.84. The van der Waals surface area contributed by atoms with Crippen LogP contribution in [0.1, 0.15) is 43.6 Å². The minimum Gasteiger partial charge on any atom is -0.493 e. The molecule has 98 valence electrons. The highest BCUT2D eigenvalue weighted by Crippen LogP contribution is 2.28. The molecule has 4 nitrogen and oxygen atoms in total. The standard InChI is InChI=1S/C14H20N2O2/c1-4-16-13(12(18-3)9-15-16)14(17)11-7-5-10(2)6-8-11/h7,9-10H,4-6,8H2,1-3H3. The lowest BCUT2D eigenvalue weighted by Gasteiger charge is -2.17. The zero-order chi connectivity index (χ0) is 13.1. The number of carbonyl (C=O) groups is 1. The van der Waals surface area contributed by atoms with Gasteiger partial charge >= 0.3 is 0 Å². The van der Waals surface area contributed by atoms with Crippen LogP contribution < -0.4 is 4.74 Å². The third-order valence-corrected chi connectivity index (χ3v) is 3.51. The van der Waals surface area contributed by atoms with E-state index in [0.29, 0.717) is 23.9 Å². The quantitative estimate of drug-likeness (QED) is 0.770. The van der Waals surface area contributed by atoms with Crippen LogP contribution in [-0.2, 0) is 6.54 Å². The van der Waals surface area contributed by atoms with Crippen molar-refractivity contribution in [3.8, 4) is 5.75 Å². The van der Waals surface area contributed by atoms with Crippen LogP contribution in [0.15, 0.2) is 17.8 Å². The van der Waals surface area contributed by atoms with Gasteiger partial charge in [0, 0.05) is 6.54 Å². The van der Waals surface area contributed by atoms with Crippen LogP contribution in [0.4, 0.5) is 0 Å². The summed E-state index contributed by atoms with van der Waals surface area (Å²) in [6.45, 7) is 4.86.